The molecule has 15 heavy (non-hydrogen) atoms. The van der Waals surface area contributed by atoms with Crippen LogP contribution in [0.3, 0.4) is 0 Å². The van der Waals surface area contributed by atoms with Crippen LogP contribution in [0.4, 0.5) is 0 Å². The van der Waals surface area contributed by atoms with Gasteiger partial charge in [0, 0.05) is 12.0 Å². The third-order valence-corrected chi connectivity index (χ3v) is 4.03. The number of thiocarbonyl (C=S) groups is 1. The molecule has 1 aliphatic rings. The Balaban J connectivity index is 2.36. The first kappa shape index (κ1) is 12.9. The van der Waals surface area contributed by atoms with Gasteiger partial charge in [-0.1, -0.05) is 39.9 Å². The maximum Gasteiger partial charge on any atom is 0.0784 e. The highest BCUT2D eigenvalue weighted by Crippen LogP contribution is 2.30. The summed E-state index contributed by atoms with van der Waals surface area (Å²) in [5, 5.41) is 0. The molecule has 0 aromatic rings. The summed E-state index contributed by atoms with van der Waals surface area (Å²) in [6.45, 7) is 12.5. The van der Waals surface area contributed by atoms with E-state index < -0.39 is 0 Å². The quantitative estimate of drug-likeness (QED) is 0.749. The Morgan fingerprint density at radius 3 is 2.47 bits per heavy atom. The van der Waals surface area contributed by atoms with Crippen molar-refractivity contribution in [2.75, 3.05) is 19.6 Å². The van der Waals surface area contributed by atoms with Gasteiger partial charge < -0.3 is 10.6 Å². The number of hydrogen-bond donors (Lipinski definition) is 1. The highest BCUT2D eigenvalue weighted by molar-refractivity contribution is 7.80. The van der Waals surface area contributed by atoms with Crippen molar-refractivity contribution in [3.8, 4) is 0 Å². The lowest BCUT2D eigenvalue weighted by molar-refractivity contribution is 0.263. The zero-order valence-corrected chi connectivity index (χ0v) is 11.3. The van der Waals surface area contributed by atoms with Gasteiger partial charge in [0.15, 0.2) is 0 Å². The number of nitrogens with zero attached hydrogens (tertiary/aromatic N) is 1. The standard InChI is InChI=1S/C12H24N2S/c1-11(2)5-7-14(9-11)8-6-12(3,4)10(13)15/h5-9H2,1-4H3,(H2,13,15). The fraction of sp³-hybridized carbons (Fsp3) is 0.917. The summed E-state index contributed by atoms with van der Waals surface area (Å²) in [6.07, 6.45) is 2.37. The van der Waals surface area contributed by atoms with E-state index in [1.54, 1.807) is 0 Å². The maximum absolute atomic E-state index is 5.72. The van der Waals surface area contributed by atoms with Crippen molar-refractivity contribution in [3.05, 3.63) is 0 Å². The molecule has 0 atom stereocenters. The van der Waals surface area contributed by atoms with Gasteiger partial charge in [-0.05, 0) is 31.3 Å². The van der Waals surface area contributed by atoms with Gasteiger partial charge in [0.2, 0.25) is 0 Å². The Bertz CT molecular complexity index is 246. The van der Waals surface area contributed by atoms with Crippen molar-refractivity contribution < 1.29 is 0 Å². The smallest absolute Gasteiger partial charge is 0.0784 e. The van der Waals surface area contributed by atoms with E-state index in [0.29, 0.717) is 10.4 Å². The van der Waals surface area contributed by atoms with Crippen LogP contribution in [0.5, 0.6) is 0 Å². The lowest BCUT2D eigenvalue weighted by Gasteiger charge is -2.27. The van der Waals surface area contributed by atoms with E-state index >= 15 is 0 Å². The summed E-state index contributed by atoms with van der Waals surface area (Å²) in [7, 11) is 0. The third-order valence-electron chi connectivity index (χ3n) is 3.48. The minimum absolute atomic E-state index is 0.00205. The normalized spacial score (nSPS) is 21.9. The van der Waals surface area contributed by atoms with Gasteiger partial charge in [-0.2, -0.15) is 0 Å². The van der Waals surface area contributed by atoms with E-state index in [2.05, 4.69) is 32.6 Å². The number of hydrogen-bond acceptors (Lipinski definition) is 2. The fourth-order valence-corrected chi connectivity index (χ4v) is 2.08. The second kappa shape index (κ2) is 4.38. The molecule has 0 aromatic heterocycles. The lowest BCUT2D eigenvalue weighted by atomic mass is 9.89. The van der Waals surface area contributed by atoms with Crippen LogP contribution in [0.15, 0.2) is 0 Å². The molecule has 0 radical (unpaired) electrons. The summed E-state index contributed by atoms with van der Waals surface area (Å²) in [6, 6.07) is 0. The zero-order chi connectivity index (χ0) is 11.7. The lowest BCUT2D eigenvalue weighted by Crippen LogP contribution is -2.34. The molecule has 1 saturated heterocycles. The Labute approximate surface area is 99.2 Å². The fourth-order valence-electron chi connectivity index (χ4n) is 1.98. The minimum Gasteiger partial charge on any atom is -0.393 e. The highest BCUT2D eigenvalue weighted by Gasteiger charge is 2.30. The van der Waals surface area contributed by atoms with Gasteiger partial charge in [0.25, 0.3) is 0 Å². The maximum atomic E-state index is 5.72. The van der Waals surface area contributed by atoms with E-state index in [0.717, 1.165) is 13.0 Å². The van der Waals surface area contributed by atoms with Crippen molar-refractivity contribution in [3.63, 3.8) is 0 Å². The minimum atomic E-state index is 0.00205. The molecule has 1 heterocycles. The molecule has 0 aliphatic carbocycles. The largest absolute Gasteiger partial charge is 0.393 e. The molecule has 2 N–H and O–H groups in total. The van der Waals surface area contributed by atoms with Crippen molar-refractivity contribution in [2.24, 2.45) is 16.6 Å². The molecule has 0 aromatic carbocycles. The van der Waals surface area contributed by atoms with Crippen LogP contribution < -0.4 is 5.73 Å². The molecule has 0 bridgehead atoms. The van der Waals surface area contributed by atoms with Gasteiger partial charge in [-0.3, -0.25) is 0 Å². The molecule has 1 aliphatic heterocycles. The van der Waals surface area contributed by atoms with Crippen molar-refractivity contribution >= 4 is 17.2 Å². The molecule has 1 fully saturated rings. The van der Waals surface area contributed by atoms with E-state index in [4.69, 9.17) is 18.0 Å². The molecular formula is C12H24N2S. The summed E-state index contributed by atoms with van der Waals surface area (Å²) in [5.41, 5.74) is 6.22. The first-order valence-electron chi connectivity index (χ1n) is 5.75. The molecule has 0 unspecified atom stereocenters. The highest BCUT2D eigenvalue weighted by atomic mass is 32.1. The van der Waals surface area contributed by atoms with E-state index in [1.807, 2.05) is 0 Å². The first-order valence-corrected chi connectivity index (χ1v) is 6.16. The topological polar surface area (TPSA) is 29.3 Å². The number of rotatable bonds is 4. The molecule has 2 nitrogen and oxygen atoms in total. The average Bonchev–Trinajstić information content (AvgIpc) is 2.42. The Morgan fingerprint density at radius 1 is 1.47 bits per heavy atom. The van der Waals surface area contributed by atoms with E-state index in [9.17, 15) is 0 Å². The summed E-state index contributed by atoms with van der Waals surface area (Å²) in [5.74, 6) is 0. The monoisotopic (exact) mass is 228 g/mol. The third kappa shape index (κ3) is 3.72. The Morgan fingerprint density at radius 2 is 2.07 bits per heavy atom. The zero-order valence-electron chi connectivity index (χ0n) is 10.5. The second-order valence-corrected chi connectivity index (χ2v) is 6.63. The molecular weight excluding hydrogens is 204 g/mol. The average molecular weight is 228 g/mol. The first-order chi connectivity index (χ1) is 6.73. The van der Waals surface area contributed by atoms with E-state index in [-0.39, 0.29) is 5.41 Å². The van der Waals surface area contributed by atoms with Gasteiger partial charge in [-0.25, -0.2) is 0 Å². The van der Waals surface area contributed by atoms with Crippen molar-refractivity contribution in [1.82, 2.24) is 4.90 Å². The summed E-state index contributed by atoms with van der Waals surface area (Å²) in [4.78, 5) is 3.17. The van der Waals surface area contributed by atoms with Crippen LogP contribution >= 0.6 is 12.2 Å². The van der Waals surface area contributed by atoms with Gasteiger partial charge in [0.1, 0.15) is 0 Å². The summed E-state index contributed by atoms with van der Waals surface area (Å²) < 4.78 is 0. The van der Waals surface area contributed by atoms with Gasteiger partial charge in [-0.15, -0.1) is 0 Å². The van der Waals surface area contributed by atoms with Gasteiger partial charge in [0.05, 0.1) is 4.99 Å². The predicted molar refractivity (Wildman–Crippen MR) is 70.0 cm³/mol. The van der Waals surface area contributed by atoms with Crippen LogP contribution in [0.2, 0.25) is 0 Å². The van der Waals surface area contributed by atoms with Crippen molar-refractivity contribution in [1.29, 1.82) is 0 Å². The second-order valence-electron chi connectivity index (χ2n) is 6.19. The summed E-state index contributed by atoms with van der Waals surface area (Å²) >= 11 is 5.08. The molecule has 0 saturated carbocycles. The van der Waals surface area contributed by atoms with E-state index in [1.165, 1.54) is 19.5 Å². The van der Waals surface area contributed by atoms with Crippen LogP contribution in [-0.2, 0) is 0 Å². The van der Waals surface area contributed by atoms with Crippen LogP contribution in [0.25, 0.3) is 0 Å². The SMILES string of the molecule is CC1(C)CCN(CCC(C)(C)C(N)=S)C1. The van der Waals surface area contributed by atoms with Crippen LogP contribution in [-0.4, -0.2) is 29.5 Å². The molecule has 3 heteroatoms. The predicted octanol–water partition coefficient (Wildman–Crippen LogP) is 2.42. The number of likely N-dealkylation sites (tertiary alicyclic amines) is 1. The van der Waals surface area contributed by atoms with Crippen LogP contribution in [0, 0.1) is 10.8 Å². The molecule has 1 rings (SSSR count). The molecule has 88 valence electrons. The van der Waals surface area contributed by atoms with Crippen LogP contribution in [0.1, 0.15) is 40.5 Å². The van der Waals surface area contributed by atoms with Gasteiger partial charge >= 0.3 is 0 Å². The van der Waals surface area contributed by atoms with Crippen molar-refractivity contribution in [2.45, 2.75) is 40.5 Å². The Kier molecular flexibility index (Phi) is 3.77. The molecule has 0 spiro atoms. The Hall–Kier alpha value is -0.150. The number of nitrogens with two attached hydrogens (primary N) is 1. The molecule has 0 amide bonds.